The lowest BCUT2D eigenvalue weighted by Gasteiger charge is -2.13. The third-order valence-electron chi connectivity index (χ3n) is 2.89. The van der Waals surface area contributed by atoms with Gasteiger partial charge in [-0.1, -0.05) is 32.0 Å². The van der Waals surface area contributed by atoms with Gasteiger partial charge in [-0.05, 0) is 24.6 Å². The molecule has 2 rings (SSSR count). The number of para-hydroxylation sites is 1. The van der Waals surface area contributed by atoms with Crippen LogP contribution in [0.5, 0.6) is 11.6 Å². The fraction of sp³-hybridized carbons (Fsp3) is 0.312. The second kappa shape index (κ2) is 6.48. The highest BCUT2D eigenvalue weighted by molar-refractivity contribution is 5.37. The molecule has 0 bridgehead atoms. The van der Waals surface area contributed by atoms with Gasteiger partial charge >= 0.3 is 0 Å². The lowest BCUT2D eigenvalue weighted by molar-refractivity contribution is 0.443. The third kappa shape index (κ3) is 3.78. The van der Waals surface area contributed by atoms with Gasteiger partial charge in [-0.15, -0.1) is 0 Å². The summed E-state index contributed by atoms with van der Waals surface area (Å²) in [5, 5.41) is 3.24. The summed E-state index contributed by atoms with van der Waals surface area (Å²) in [7, 11) is 0. The average molecular weight is 274 g/mol. The Balaban J connectivity index is 2.24. The molecule has 0 amide bonds. The van der Waals surface area contributed by atoms with Gasteiger partial charge in [0.15, 0.2) is 0 Å². The molecule has 1 N–H and O–H groups in total. The fourth-order valence-corrected chi connectivity index (χ4v) is 1.78. The molecule has 0 fully saturated rings. The summed E-state index contributed by atoms with van der Waals surface area (Å²) >= 11 is 0. The monoisotopic (exact) mass is 274 g/mol. The Bertz CT molecular complexity index is 584. The first-order valence-electron chi connectivity index (χ1n) is 6.67. The number of halogens is 1. The van der Waals surface area contributed by atoms with Crippen molar-refractivity contribution in [1.29, 1.82) is 0 Å². The van der Waals surface area contributed by atoms with Crippen molar-refractivity contribution in [3.63, 3.8) is 0 Å². The Morgan fingerprint density at radius 3 is 2.75 bits per heavy atom. The lowest BCUT2D eigenvalue weighted by atomic mass is 10.2. The van der Waals surface area contributed by atoms with E-state index in [1.165, 1.54) is 12.3 Å². The highest BCUT2D eigenvalue weighted by Gasteiger charge is 2.10. The summed E-state index contributed by atoms with van der Waals surface area (Å²) in [5.41, 5.74) is 1.73. The maximum atomic E-state index is 13.3. The number of benzene rings is 1. The quantitative estimate of drug-likeness (QED) is 0.900. The van der Waals surface area contributed by atoms with Crippen molar-refractivity contribution in [2.24, 2.45) is 0 Å². The summed E-state index contributed by atoms with van der Waals surface area (Å²) in [6.45, 7) is 6.55. The van der Waals surface area contributed by atoms with Crippen LogP contribution in [0, 0.1) is 12.7 Å². The molecule has 0 unspecified atom stereocenters. The van der Waals surface area contributed by atoms with Crippen LogP contribution >= 0.6 is 0 Å². The Labute approximate surface area is 118 Å². The van der Waals surface area contributed by atoms with Gasteiger partial charge in [-0.2, -0.15) is 0 Å². The topological polar surface area (TPSA) is 34.1 Å². The molecule has 3 nitrogen and oxygen atoms in total. The highest BCUT2D eigenvalue weighted by atomic mass is 19.1. The first-order chi connectivity index (χ1) is 9.56. The molecule has 4 heteroatoms. The van der Waals surface area contributed by atoms with E-state index in [1.54, 1.807) is 0 Å². The highest BCUT2D eigenvalue weighted by Crippen LogP contribution is 2.26. The van der Waals surface area contributed by atoms with Gasteiger partial charge in [0, 0.05) is 18.2 Å². The smallest absolute Gasteiger partial charge is 0.223 e. The van der Waals surface area contributed by atoms with Crippen LogP contribution in [0.3, 0.4) is 0 Å². The van der Waals surface area contributed by atoms with E-state index in [-0.39, 0.29) is 5.82 Å². The largest absolute Gasteiger partial charge is 0.438 e. The van der Waals surface area contributed by atoms with Gasteiger partial charge in [0.25, 0.3) is 0 Å². The molecule has 1 aromatic heterocycles. The van der Waals surface area contributed by atoms with E-state index in [0.29, 0.717) is 24.0 Å². The number of nitrogens with zero attached hydrogens (tertiary/aromatic N) is 1. The number of hydrogen-bond donors (Lipinski definition) is 1. The second-order valence-electron chi connectivity index (χ2n) is 5.02. The third-order valence-corrected chi connectivity index (χ3v) is 2.89. The number of nitrogens with one attached hydrogen (secondary N) is 1. The van der Waals surface area contributed by atoms with E-state index < -0.39 is 0 Å². The molecule has 1 heterocycles. The molecule has 0 atom stereocenters. The minimum absolute atomic E-state index is 0.310. The van der Waals surface area contributed by atoms with Crippen molar-refractivity contribution >= 4 is 0 Å². The molecular weight excluding hydrogens is 255 g/mol. The Kier molecular flexibility index (Phi) is 4.69. The van der Waals surface area contributed by atoms with Crippen LogP contribution in [-0.4, -0.2) is 11.0 Å². The van der Waals surface area contributed by atoms with Crippen LogP contribution in [0.15, 0.2) is 36.5 Å². The zero-order valence-electron chi connectivity index (χ0n) is 12.0. The van der Waals surface area contributed by atoms with Crippen molar-refractivity contribution in [1.82, 2.24) is 10.3 Å². The zero-order valence-corrected chi connectivity index (χ0v) is 12.0. The van der Waals surface area contributed by atoms with Gasteiger partial charge in [0.05, 0.1) is 6.20 Å². The molecule has 20 heavy (non-hydrogen) atoms. The predicted molar refractivity (Wildman–Crippen MR) is 77.4 cm³/mol. The summed E-state index contributed by atoms with van der Waals surface area (Å²) in [4.78, 5) is 4.06. The number of aryl methyl sites for hydroxylation is 1. The predicted octanol–water partition coefficient (Wildman–Crippen LogP) is 3.82. The van der Waals surface area contributed by atoms with Gasteiger partial charge in [-0.25, -0.2) is 9.37 Å². The number of aromatic nitrogens is 1. The fourth-order valence-electron chi connectivity index (χ4n) is 1.78. The molecule has 106 valence electrons. The molecule has 2 aromatic rings. The molecule has 0 aliphatic heterocycles. The van der Waals surface area contributed by atoms with E-state index in [2.05, 4.69) is 10.3 Å². The van der Waals surface area contributed by atoms with Crippen molar-refractivity contribution in [2.75, 3.05) is 0 Å². The van der Waals surface area contributed by atoms with E-state index in [0.717, 1.165) is 11.3 Å². The molecule has 0 aliphatic carbocycles. The Morgan fingerprint density at radius 2 is 2.05 bits per heavy atom. The second-order valence-corrected chi connectivity index (χ2v) is 5.02. The Morgan fingerprint density at radius 1 is 1.30 bits per heavy atom. The first kappa shape index (κ1) is 14.5. The van der Waals surface area contributed by atoms with Crippen LogP contribution in [0.2, 0.25) is 0 Å². The standard InChI is InChI=1S/C16H19FN2O/c1-11(2)18-9-13-8-14(17)10-19-16(13)20-15-7-5-4-6-12(15)3/h4-8,10-11,18H,9H2,1-3H3. The van der Waals surface area contributed by atoms with Crippen molar-refractivity contribution in [2.45, 2.75) is 33.4 Å². The molecule has 0 saturated carbocycles. The zero-order chi connectivity index (χ0) is 14.5. The van der Waals surface area contributed by atoms with E-state index in [1.807, 2.05) is 45.0 Å². The summed E-state index contributed by atoms with van der Waals surface area (Å²) in [5.74, 6) is 0.814. The van der Waals surface area contributed by atoms with Crippen molar-refractivity contribution in [3.05, 3.63) is 53.5 Å². The van der Waals surface area contributed by atoms with E-state index >= 15 is 0 Å². The van der Waals surface area contributed by atoms with Gasteiger partial charge in [-0.3, -0.25) is 0 Å². The SMILES string of the molecule is Cc1ccccc1Oc1ncc(F)cc1CNC(C)C. The molecule has 1 aromatic carbocycles. The first-order valence-corrected chi connectivity index (χ1v) is 6.67. The average Bonchev–Trinajstić information content (AvgIpc) is 2.41. The Hall–Kier alpha value is -1.94. The molecule has 0 saturated heterocycles. The number of rotatable bonds is 5. The summed E-state index contributed by atoms with van der Waals surface area (Å²) < 4.78 is 19.2. The molecular formula is C16H19FN2O. The van der Waals surface area contributed by atoms with E-state index in [9.17, 15) is 4.39 Å². The van der Waals surface area contributed by atoms with Crippen LogP contribution in [0.1, 0.15) is 25.0 Å². The van der Waals surface area contributed by atoms with Crippen LogP contribution in [0.4, 0.5) is 4.39 Å². The van der Waals surface area contributed by atoms with Crippen molar-refractivity contribution < 1.29 is 9.13 Å². The maximum Gasteiger partial charge on any atom is 0.223 e. The number of ether oxygens (including phenoxy) is 1. The minimum Gasteiger partial charge on any atom is -0.438 e. The summed E-state index contributed by atoms with van der Waals surface area (Å²) in [6.07, 6.45) is 1.17. The van der Waals surface area contributed by atoms with Crippen LogP contribution < -0.4 is 10.1 Å². The van der Waals surface area contributed by atoms with E-state index in [4.69, 9.17) is 4.74 Å². The molecule has 0 radical (unpaired) electrons. The van der Waals surface area contributed by atoms with Crippen molar-refractivity contribution in [3.8, 4) is 11.6 Å². The maximum absolute atomic E-state index is 13.3. The van der Waals surface area contributed by atoms with Gasteiger partial charge in [0.1, 0.15) is 11.6 Å². The van der Waals surface area contributed by atoms with Crippen LogP contribution in [0.25, 0.3) is 0 Å². The number of pyridine rings is 1. The summed E-state index contributed by atoms with van der Waals surface area (Å²) in [6, 6.07) is 9.45. The van der Waals surface area contributed by atoms with Gasteiger partial charge < -0.3 is 10.1 Å². The lowest BCUT2D eigenvalue weighted by Crippen LogP contribution is -2.22. The molecule has 0 spiro atoms. The normalized spacial score (nSPS) is 10.8. The van der Waals surface area contributed by atoms with Gasteiger partial charge in [0.2, 0.25) is 5.88 Å². The van der Waals surface area contributed by atoms with Crippen LogP contribution in [-0.2, 0) is 6.54 Å². The number of hydrogen-bond acceptors (Lipinski definition) is 3. The molecule has 0 aliphatic rings. The minimum atomic E-state index is -0.359.